The molecule has 1 saturated heterocycles. The highest BCUT2D eigenvalue weighted by Gasteiger charge is 2.42. The van der Waals surface area contributed by atoms with Crippen LogP contribution < -0.4 is 0 Å². The minimum Gasteiger partial charge on any atom is -0.465 e. The molecule has 1 amide bonds. The molecule has 0 aromatic carbocycles. The quantitative estimate of drug-likeness (QED) is 0.576. The van der Waals surface area contributed by atoms with Crippen LogP contribution in [0.4, 0.5) is 4.79 Å². The number of ether oxygens (including phenoxy) is 3. The maximum atomic E-state index is 12.3. The van der Waals surface area contributed by atoms with E-state index in [1.165, 1.54) is 11.8 Å². The molecule has 1 heterocycles. The number of Topliss-reactive ketones (excluding diaryl/α,β-unsaturated/α-hetero) is 1. The fourth-order valence-corrected chi connectivity index (χ4v) is 2.27. The lowest BCUT2D eigenvalue weighted by molar-refractivity contribution is -0.156. The van der Waals surface area contributed by atoms with Crippen LogP contribution >= 0.6 is 0 Å². The molecule has 126 valence electrons. The van der Waals surface area contributed by atoms with Crippen molar-refractivity contribution in [2.24, 2.45) is 5.92 Å². The van der Waals surface area contributed by atoms with Crippen molar-refractivity contribution in [1.29, 1.82) is 0 Å². The van der Waals surface area contributed by atoms with E-state index in [-0.39, 0.29) is 25.5 Å². The minimum absolute atomic E-state index is 0.0995. The third-order valence-electron chi connectivity index (χ3n) is 3.16. The van der Waals surface area contributed by atoms with Gasteiger partial charge in [-0.3, -0.25) is 14.5 Å². The van der Waals surface area contributed by atoms with Gasteiger partial charge in [-0.25, -0.2) is 4.79 Å². The molecule has 22 heavy (non-hydrogen) atoms. The molecular formula is C15H25NO6. The summed E-state index contributed by atoms with van der Waals surface area (Å²) >= 11 is 0. The number of ketones is 1. The van der Waals surface area contributed by atoms with Crippen molar-refractivity contribution in [1.82, 2.24) is 4.90 Å². The van der Waals surface area contributed by atoms with E-state index in [1.54, 1.807) is 27.7 Å². The Morgan fingerprint density at radius 2 is 1.95 bits per heavy atom. The van der Waals surface area contributed by atoms with Gasteiger partial charge >= 0.3 is 12.1 Å². The van der Waals surface area contributed by atoms with Crippen LogP contribution in [0.15, 0.2) is 0 Å². The van der Waals surface area contributed by atoms with Crippen molar-refractivity contribution >= 4 is 17.8 Å². The van der Waals surface area contributed by atoms with E-state index in [1.807, 2.05) is 0 Å². The first kappa shape index (κ1) is 18.4. The number of morpholine rings is 1. The molecule has 0 N–H and O–H groups in total. The number of nitrogens with zero attached hydrogens (tertiary/aromatic N) is 1. The molecule has 1 aliphatic rings. The van der Waals surface area contributed by atoms with E-state index in [2.05, 4.69) is 0 Å². The third-order valence-corrected chi connectivity index (χ3v) is 3.16. The van der Waals surface area contributed by atoms with Crippen LogP contribution in [0, 0.1) is 5.92 Å². The molecule has 0 aromatic rings. The molecule has 0 bridgehead atoms. The Hall–Kier alpha value is -1.63. The van der Waals surface area contributed by atoms with Gasteiger partial charge in [-0.15, -0.1) is 0 Å². The second kappa shape index (κ2) is 7.58. The molecule has 7 nitrogen and oxygen atoms in total. The number of rotatable bonds is 4. The molecule has 2 unspecified atom stereocenters. The van der Waals surface area contributed by atoms with Crippen LogP contribution in [-0.4, -0.2) is 60.8 Å². The summed E-state index contributed by atoms with van der Waals surface area (Å²) in [5.74, 6) is -2.06. The van der Waals surface area contributed by atoms with Crippen molar-refractivity contribution in [3.8, 4) is 0 Å². The molecule has 0 aromatic heterocycles. The summed E-state index contributed by atoms with van der Waals surface area (Å²) in [7, 11) is 0. The lowest BCUT2D eigenvalue weighted by atomic mass is 9.94. The van der Waals surface area contributed by atoms with E-state index in [0.29, 0.717) is 6.61 Å². The van der Waals surface area contributed by atoms with Crippen molar-refractivity contribution in [3.63, 3.8) is 0 Å². The van der Waals surface area contributed by atoms with Gasteiger partial charge in [-0.05, 0) is 34.6 Å². The lowest BCUT2D eigenvalue weighted by Gasteiger charge is -2.38. The Morgan fingerprint density at radius 3 is 2.45 bits per heavy atom. The summed E-state index contributed by atoms with van der Waals surface area (Å²) in [4.78, 5) is 37.6. The van der Waals surface area contributed by atoms with Crippen LogP contribution in [-0.2, 0) is 23.8 Å². The van der Waals surface area contributed by atoms with E-state index in [4.69, 9.17) is 14.2 Å². The zero-order chi connectivity index (χ0) is 16.9. The summed E-state index contributed by atoms with van der Waals surface area (Å²) < 4.78 is 15.6. The topological polar surface area (TPSA) is 82.1 Å². The van der Waals surface area contributed by atoms with Gasteiger partial charge in [-0.1, -0.05) is 0 Å². The number of esters is 1. The molecule has 2 atom stereocenters. The zero-order valence-electron chi connectivity index (χ0n) is 13.9. The van der Waals surface area contributed by atoms with Gasteiger partial charge in [0.25, 0.3) is 0 Å². The maximum absolute atomic E-state index is 12.3. The number of carbonyl (C=O) groups is 3. The molecule has 1 rings (SSSR count). The predicted molar refractivity (Wildman–Crippen MR) is 78.4 cm³/mol. The highest BCUT2D eigenvalue weighted by molar-refractivity contribution is 5.99. The summed E-state index contributed by atoms with van der Waals surface area (Å²) in [5.41, 5.74) is -0.657. The molecular weight excluding hydrogens is 290 g/mol. The normalized spacial score (nSPS) is 20.2. The van der Waals surface area contributed by atoms with Gasteiger partial charge in [0.2, 0.25) is 0 Å². The second-order valence-electron chi connectivity index (χ2n) is 6.16. The Morgan fingerprint density at radius 1 is 1.32 bits per heavy atom. The zero-order valence-corrected chi connectivity index (χ0v) is 13.9. The van der Waals surface area contributed by atoms with Crippen LogP contribution in [0.2, 0.25) is 0 Å². The van der Waals surface area contributed by atoms with Crippen molar-refractivity contribution < 1.29 is 28.6 Å². The Balaban J connectivity index is 2.97. The summed E-state index contributed by atoms with van der Waals surface area (Å²) in [6.45, 7) is 9.12. The number of hydrogen-bond acceptors (Lipinski definition) is 6. The maximum Gasteiger partial charge on any atom is 0.410 e. The molecule has 1 aliphatic heterocycles. The van der Waals surface area contributed by atoms with Crippen LogP contribution in [0.25, 0.3) is 0 Å². The van der Waals surface area contributed by atoms with Crippen LogP contribution in [0.1, 0.15) is 34.6 Å². The minimum atomic E-state index is -1.06. The number of hydrogen-bond donors (Lipinski definition) is 0. The van der Waals surface area contributed by atoms with Crippen LogP contribution in [0.5, 0.6) is 0 Å². The fraction of sp³-hybridized carbons (Fsp3) is 0.800. The monoisotopic (exact) mass is 315 g/mol. The van der Waals surface area contributed by atoms with Gasteiger partial charge in [0.05, 0.1) is 25.9 Å². The average molecular weight is 315 g/mol. The highest BCUT2D eigenvalue weighted by atomic mass is 16.6. The van der Waals surface area contributed by atoms with E-state index in [9.17, 15) is 14.4 Å². The van der Waals surface area contributed by atoms with Gasteiger partial charge in [0.1, 0.15) is 17.3 Å². The molecule has 0 radical (unpaired) electrons. The molecule has 7 heteroatoms. The Bertz CT molecular complexity index is 428. The van der Waals surface area contributed by atoms with E-state index < -0.39 is 29.6 Å². The Kier molecular flexibility index (Phi) is 6.34. The standard InChI is InChI=1S/C15H25NO6/c1-6-21-13(18)12(10(2)17)11-9-20-8-7-16(11)14(19)22-15(3,4)5/h11-12H,6-9H2,1-5H3. The van der Waals surface area contributed by atoms with Gasteiger partial charge in [-0.2, -0.15) is 0 Å². The second-order valence-corrected chi connectivity index (χ2v) is 6.16. The largest absolute Gasteiger partial charge is 0.465 e. The SMILES string of the molecule is CCOC(=O)C(C(C)=O)C1COCCN1C(=O)OC(C)(C)C. The number of carbonyl (C=O) groups excluding carboxylic acids is 3. The van der Waals surface area contributed by atoms with Gasteiger partial charge in [0.15, 0.2) is 0 Å². The highest BCUT2D eigenvalue weighted by Crippen LogP contribution is 2.21. The molecule has 0 spiro atoms. The predicted octanol–water partition coefficient (Wildman–Crippen LogP) is 1.39. The third kappa shape index (κ3) is 4.98. The van der Waals surface area contributed by atoms with E-state index >= 15 is 0 Å². The smallest absolute Gasteiger partial charge is 0.410 e. The first-order chi connectivity index (χ1) is 10.2. The summed E-state index contributed by atoms with van der Waals surface area (Å²) in [6, 6.07) is -0.708. The van der Waals surface area contributed by atoms with Crippen molar-refractivity contribution in [2.45, 2.75) is 46.3 Å². The molecule has 0 saturated carbocycles. The van der Waals surface area contributed by atoms with E-state index in [0.717, 1.165) is 0 Å². The first-order valence-corrected chi connectivity index (χ1v) is 7.41. The number of amides is 1. The Labute approximate surface area is 130 Å². The summed E-state index contributed by atoms with van der Waals surface area (Å²) in [5, 5.41) is 0. The molecule has 0 aliphatic carbocycles. The van der Waals surface area contributed by atoms with Gasteiger partial charge < -0.3 is 14.2 Å². The lowest BCUT2D eigenvalue weighted by Crippen LogP contribution is -2.56. The average Bonchev–Trinajstić information content (AvgIpc) is 2.37. The summed E-state index contributed by atoms with van der Waals surface area (Å²) in [6.07, 6.45) is -0.559. The van der Waals surface area contributed by atoms with Crippen molar-refractivity contribution in [2.75, 3.05) is 26.4 Å². The first-order valence-electron chi connectivity index (χ1n) is 7.41. The molecule has 1 fully saturated rings. The fourth-order valence-electron chi connectivity index (χ4n) is 2.27. The van der Waals surface area contributed by atoms with Crippen molar-refractivity contribution in [3.05, 3.63) is 0 Å². The van der Waals surface area contributed by atoms with Crippen LogP contribution in [0.3, 0.4) is 0 Å². The van der Waals surface area contributed by atoms with Gasteiger partial charge in [0, 0.05) is 6.54 Å².